The van der Waals surface area contributed by atoms with Gasteiger partial charge in [0.15, 0.2) is 5.82 Å². The molecule has 1 atom stereocenters. The summed E-state index contributed by atoms with van der Waals surface area (Å²) < 4.78 is 0. The maximum atomic E-state index is 12.6. The van der Waals surface area contributed by atoms with Gasteiger partial charge in [-0.15, -0.1) is 0 Å². The minimum absolute atomic E-state index is 0.0252. The van der Waals surface area contributed by atoms with Crippen LogP contribution in [0.15, 0.2) is 30.3 Å². The second-order valence-electron chi connectivity index (χ2n) is 6.61. The maximum Gasteiger partial charge on any atom is 0.231 e. The molecule has 2 amide bonds. The van der Waals surface area contributed by atoms with E-state index in [1.165, 1.54) is 0 Å². The molecule has 7 nitrogen and oxygen atoms in total. The van der Waals surface area contributed by atoms with E-state index in [-0.39, 0.29) is 24.2 Å². The van der Waals surface area contributed by atoms with Crippen molar-refractivity contribution in [3.63, 3.8) is 0 Å². The first kappa shape index (κ1) is 15.8. The average Bonchev–Trinajstić information content (AvgIpc) is 3.20. The number of benzene rings is 1. The Labute approximate surface area is 145 Å². The smallest absolute Gasteiger partial charge is 0.231 e. The van der Waals surface area contributed by atoms with Crippen LogP contribution in [-0.4, -0.2) is 40.0 Å². The quantitative estimate of drug-likeness (QED) is 0.776. The summed E-state index contributed by atoms with van der Waals surface area (Å²) in [5.74, 6) is 0.176. The van der Waals surface area contributed by atoms with E-state index in [0.717, 1.165) is 36.3 Å². The van der Waals surface area contributed by atoms with Crippen molar-refractivity contribution in [2.75, 3.05) is 18.4 Å². The van der Waals surface area contributed by atoms with Crippen molar-refractivity contribution in [1.29, 1.82) is 0 Å². The molecule has 0 bridgehead atoms. The number of carbonyl (C=O) groups excluding carboxylic acids is 2. The molecular formula is C18H21N5O2. The molecule has 1 saturated heterocycles. The van der Waals surface area contributed by atoms with Crippen molar-refractivity contribution in [3.05, 3.63) is 47.2 Å². The van der Waals surface area contributed by atoms with Crippen LogP contribution in [0.2, 0.25) is 0 Å². The maximum absolute atomic E-state index is 12.6. The Bertz CT molecular complexity index is 786. The van der Waals surface area contributed by atoms with Crippen LogP contribution < -0.4 is 10.6 Å². The van der Waals surface area contributed by atoms with Crippen molar-refractivity contribution in [2.24, 2.45) is 5.92 Å². The number of aromatic amines is 1. The van der Waals surface area contributed by atoms with Gasteiger partial charge in [-0.3, -0.25) is 14.7 Å². The highest BCUT2D eigenvalue weighted by Crippen LogP contribution is 2.24. The lowest BCUT2D eigenvalue weighted by atomic mass is 10.1. The van der Waals surface area contributed by atoms with Gasteiger partial charge in [0.05, 0.1) is 11.6 Å². The van der Waals surface area contributed by atoms with Gasteiger partial charge in [0.2, 0.25) is 11.8 Å². The lowest BCUT2D eigenvalue weighted by Crippen LogP contribution is -2.29. The number of nitrogens with one attached hydrogen (secondary N) is 3. The number of likely N-dealkylation sites (tertiary alicyclic amines) is 1. The highest BCUT2D eigenvalue weighted by molar-refractivity contribution is 5.97. The lowest BCUT2D eigenvalue weighted by Gasteiger charge is -2.17. The third kappa shape index (κ3) is 3.28. The molecule has 2 aliphatic rings. The van der Waals surface area contributed by atoms with Gasteiger partial charge in [-0.05, 0) is 18.5 Å². The second kappa shape index (κ2) is 6.68. The third-order valence-electron chi connectivity index (χ3n) is 4.85. The number of H-pyrrole nitrogens is 1. The fraction of sp³-hybridized carbons (Fsp3) is 0.389. The third-order valence-corrected chi connectivity index (χ3v) is 4.85. The molecule has 1 fully saturated rings. The molecule has 25 heavy (non-hydrogen) atoms. The Morgan fingerprint density at radius 1 is 1.32 bits per heavy atom. The molecular weight excluding hydrogens is 318 g/mol. The Hall–Kier alpha value is -2.67. The van der Waals surface area contributed by atoms with Gasteiger partial charge in [-0.1, -0.05) is 30.3 Å². The Kier molecular flexibility index (Phi) is 4.23. The molecule has 1 aromatic heterocycles. The van der Waals surface area contributed by atoms with E-state index in [0.29, 0.717) is 18.9 Å². The van der Waals surface area contributed by atoms with Gasteiger partial charge >= 0.3 is 0 Å². The summed E-state index contributed by atoms with van der Waals surface area (Å²) >= 11 is 0. The molecule has 0 radical (unpaired) electrons. The summed E-state index contributed by atoms with van der Waals surface area (Å²) in [6, 6.07) is 9.84. The number of rotatable bonds is 4. The number of carbonyl (C=O) groups is 2. The van der Waals surface area contributed by atoms with E-state index in [9.17, 15) is 9.59 Å². The zero-order chi connectivity index (χ0) is 17.2. The van der Waals surface area contributed by atoms with Gasteiger partial charge in [0.25, 0.3) is 0 Å². The van der Waals surface area contributed by atoms with Crippen LogP contribution in [-0.2, 0) is 29.1 Å². The minimum Gasteiger partial charge on any atom is -0.338 e. The van der Waals surface area contributed by atoms with E-state index in [4.69, 9.17) is 0 Å². The molecule has 4 rings (SSSR count). The van der Waals surface area contributed by atoms with Crippen LogP contribution in [0.1, 0.15) is 23.2 Å². The summed E-state index contributed by atoms with van der Waals surface area (Å²) in [7, 11) is 0. The standard InChI is InChI=1S/C18H21N5O2/c24-16-8-13(11-23(16)10-12-4-2-1-3-5-12)18(25)20-17-14-6-7-19-9-15(14)21-22-17/h1-5,13,19H,6-11H2,(H2,20,21,22,25). The predicted octanol–water partition coefficient (Wildman–Crippen LogP) is 1.04. The zero-order valence-electron chi connectivity index (χ0n) is 13.9. The van der Waals surface area contributed by atoms with Gasteiger partial charge in [0, 0.05) is 31.6 Å². The van der Waals surface area contributed by atoms with Crippen LogP contribution in [0.5, 0.6) is 0 Å². The average molecular weight is 339 g/mol. The van der Waals surface area contributed by atoms with Gasteiger partial charge in [-0.2, -0.15) is 5.10 Å². The number of amides is 2. The van der Waals surface area contributed by atoms with E-state index in [1.54, 1.807) is 4.90 Å². The largest absolute Gasteiger partial charge is 0.338 e. The van der Waals surface area contributed by atoms with Crippen molar-refractivity contribution >= 4 is 17.6 Å². The van der Waals surface area contributed by atoms with E-state index >= 15 is 0 Å². The number of nitrogens with zero attached hydrogens (tertiary/aromatic N) is 2. The SMILES string of the molecule is O=C(Nc1n[nH]c2c1CCNC2)C1CC(=O)N(Cc2ccccc2)C1. The van der Waals surface area contributed by atoms with Crippen molar-refractivity contribution in [1.82, 2.24) is 20.4 Å². The summed E-state index contributed by atoms with van der Waals surface area (Å²) in [6.07, 6.45) is 1.10. The van der Waals surface area contributed by atoms with E-state index in [1.807, 2.05) is 30.3 Å². The molecule has 0 spiro atoms. The fourth-order valence-corrected chi connectivity index (χ4v) is 3.47. The van der Waals surface area contributed by atoms with Crippen molar-refractivity contribution in [2.45, 2.75) is 25.9 Å². The van der Waals surface area contributed by atoms with Gasteiger partial charge < -0.3 is 15.5 Å². The first-order valence-electron chi connectivity index (χ1n) is 8.60. The Morgan fingerprint density at radius 2 is 2.16 bits per heavy atom. The van der Waals surface area contributed by atoms with Gasteiger partial charge in [-0.25, -0.2) is 0 Å². The Morgan fingerprint density at radius 3 is 3.00 bits per heavy atom. The molecule has 3 heterocycles. The second-order valence-corrected chi connectivity index (χ2v) is 6.61. The van der Waals surface area contributed by atoms with Crippen LogP contribution in [0, 0.1) is 5.92 Å². The normalized spacial score (nSPS) is 19.8. The molecule has 130 valence electrons. The van der Waals surface area contributed by atoms with Crippen LogP contribution in [0.4, 0.5) is 5.82 Å². The number of fused-ring (bicyclic) bond motifs is 1. The number of aromatic nitrogens is 2. The molecule has 2 aliphatic heterocycles. The molecule has 3 N–H and O–H groups in total. The topological polar surface area (TPSA) is 90.1 Å². The molecule has 0 aliphatic carbocycles. The fourth-order valence-electron chi connectivity index (χ4n) is 3.47. The molecule has 2 aromatic rings. The molecule has 0 saturated carbocycles. The van der Waals surface area contributed by atoms with Gasteiger partial charge in [0.1, 0.15) is 0 Å². The van der Waals surface area contributed by atoms with Crippen LogP contribution >= 0.6 is 0 Å². The summed E-state index contributed by atoms with van der Waals surface area (Å²) in [5.41, 5.74) is 3.16. The molecule has 1 aromatic carbocycles. The highest BCUT2D eigenvalue weighted by atomic mass is 16.2. The first-order chi connectivity index (χ1) is 12.2. The summed E-state index contributed by atoms with van der Waals surface area (Å²) in [5, 5.41) is 13.4. The number of hydrogen-bond acceptors (Lipinski definition) is 4. The van der Waals surface area contributed by atoms with Crippen LogP contribution in [0.3, 0.4) is 0 Å². The van der Waals surface area contributed by atoms with E-state index < -0.39 is 0 Å². The zero-order valence-corrected chi connectivity index (χ0v) is 13.9. The highest BCUT2D eigenvalue weighted by Gasteiger charge is 2.35. The minimum atomic E-state index is -0.328. The van der Waals surface area contributed by atoms with Crippen molar-refractivity contribution in [3.8, 4) is 0 Å². The Balaban J connectivity index is 1.40. The summed E-state index contributed by atoms with van der Waals surface area (Å²) in [6.45, 7) is 2.62. The van der Waals surface area contributed by atoms with Crippen LogP contribution in [0.25, 0.3) is 0 Å². The number of hydrogen-bond donors (Lipinski definition) is 3. The lowest BCUT2D eigenvalue weighted by molar-refractivity contribution is -0.128. The molecule has 7 heteroatoms. The monoisotopic (exact) mass is 339 g/mol. The predicted molar refractivity (Wildman–Crippen MR) is 92.6 cm³/mol. The number of anilines is 1. The summed E-state index contributed by atoms with van der Waals surface area (Å²) in [4.78, 5) is 26.6. The molecule has 1 unspecified atom stereocenters. The van der Waals surface area contributed by atoms with E-state index in [2.05, 4.69) is 20.8 Å². The van der Waals surface area contributed by atoms with Crippen molar-refractivity contribution < 1.29 is 9.59 Å². The first-order valence-corrected chi connectivity index (χ1v) is 8.60.